The molecule has 3 nitrogen and oxygen atoms in total. The lowest BCUT2D eigenvalue weighted by atomic mass is 9.86. The smallest absolute Gasteiger partial charge is 0.310 e. The Balaban J connectivity index is 2.66. The molecule has 0 heterocycles. The van der Waals surface area contributed by atoms with E-state index in [2.05, 4.69) is 0 Å². The van der Waals surface area contributed by atoms with Crippen molar-refractivity contribution in [3.63, 3.8) is 0 Å². The van der Waals surface area contributed by atoms with Gasteiger partial charge in [0.1, 0.15) is 0 Å². The summed E-state index contributed by atoms with van der Waals surface area (Å²) >= 11 is 0. The number of nitrogen functional groups attached to an aromatic ring is 2. The molecule has 0 unspecified atom stereocenters. The largest absolute Gasteiger partial charge is 0.398 e. The molecule has 15 heavy (non-hydrogen) atoms. The van der Waals surface area contributed by atoms with E-state index in [9.17, 15) is 13.6 Å². The van der Waals surface area contributed by atoms with Crippen LogP contribution in [0, 0.1) is 0 Å². The molecule has 0 radical (unpaired) electrons. The molecular formula is C10H10F2N2O. The van der Waals surface area contributed by atoms with Crippen LogP contribution in [0.5, 0.6) is 0 Å². The Bertz CT molecular complexity index is 443. The number of alkyl halides is 2. The molecule has 0 saturated heterocycles. The normalized spacial score (nSPS) is 18.7. The van der Waals surface area contributed by atoms with Crippen LogP contribution in [0.1, 0.15) is 22.3 Å². The molecule has 0 fully saturated rings. The maximum absolute atomic E-state index is 13.1. The van der Waals surface area contributed by atoms with Crippen LogP contribution in [0.25, 0.3) is 0 Å². The Morgan fingerprint density at radius 1 is 1.20 bits per heavy atom. The molecule has 0 aromatic heterocycles. The zero-order valence-electron chi connectivity index (χ0n) is 7.89. The van der Waals surface area contributed by atoms with Gasteiger partial charge in [-0.25, -0.2) is 0 Å². The van der Waals surface area contributed by atoms with Crippen LogP contribution in [0.4, 0.5) is 20.2 Å². The Morgan fingerprint density at radius 3 is 2.47 bits per heavy atom. The summed E-state index contributed by atoms with van der Waals surface area (Å²) in [6.07, 6.45) is -0.405. The van der Waals surface area contributed by atoms with Gasteiger partial charge in [-0.3, -0.25) is 4.79 Å². The summed E-state index contributed by atoms with van der Waals surface area (Å²) in [5.41, 5.74) is 11.9. The Hall–Kier alpha value is -1.65. The minimum absolute atomic E-state index is 0.0728. The zero-order chi connectivity index (χ0) is 11.2. The van der Waals surface area contributed by atoms with E-state index < -0.39 is 18.1 Å². The Morgan fingerprint density at radius 2 is 1.80 bits per heavy atom. The van der Waals surface area contributed by atoms with Crippen molar-refractivity contribution in [2.24, 2.45) is 0 Å². The van der Waals surface area contributed by atoms with Crippen LogP contribution in [0.3, 0.4) is 0 Å². The number of carbonyl (C=O) groups is 1. The van der Waals surface area contributed by atoms with Gasteiger partial charge in [0.2, 0.25) is 5.78 Å². The van der Waals surface area contributed by atoms with Crippen molar-refractivity contribution >= 4 is 17.2 Å². The molecule has 80 valence electrons. The van der Waals surface area contributed by atoms with Gasteiger partial charge in [0.05, 0.1) is 5.56 Å². The van der Waals surface area contributed by atoms with Gasteiger partial charge in [0, 0.05) is 17.8 Å². The number of Topliss-reactive ketones (excluding diaryl/α,β-unsaturated/α-hetero) is 1. The molecule has 2 rings (SSSR count). The number of halogens is 2. The number of anilines is 2. The van der Waals surface area contributed by atoms with Crippen LogP contribution >= 0.6 is 0 Å². The van der Waals surface area contributed by atoms with Gasteiger partial charge in [-0.2, -0.15) is 8.78 Å². The van der Waals surface area contributed by atoms with E-state index in [1.54, 1.807) is 0 Å². The summed E-state index contributed by atoms with van der Waals surface area (Å²) in [5, 5.41) is 0. The molecule has 0 amide bonds. The molecule has 0 saturated carbocycles. The van der Waals surface area contributed by atoms with Crippen LogP contribution in [-0.2, 0) is 6.42 Å². The highest BCUT2D eigenvalue weighted by Crippen LogP contribution is 2.37. The monoisotopic (exact) mass is 212 g/mol. The van der Waals surface area contributed by atoms with Gasteiger partial charge in [-0.15, -0.1) is 0 Å². The Kier molecular flexibility index (Phi) is 1.92. The van der Waals surface area contributed by atoms with Crippen LogP contribution < -0.4 is 11.5 Å². The number of carbonyl (C=O) groups excluding carboxylic acids is 1. The maximum Gasteiger partial charge on any atom is 0.310 e. The molecule has 0 bridgehead atoms. The fourth-order valence-corrected chi connectivity index (χ4v) is 1.80. The lowest BCUT2D eigenvalue weighted by molar-refractivity contribution is 0.00220. The van der Waals surface area contributed by atoms with Gasteiger partial charge in [-0.05, 0) is 24.1 Å². The van der Waals surface area contributed by atoms with Crippen molar-refractivity contribution in [3.8, 4) is 0 Å². The first-order valence-corrected chi connectivity index (χ1v) is 4.53. The fraction of sp³-hybridized carbons (Fsp3) is 0.300. The van der Waals surface area contributed by atoms with E-state index in [0.29, 0.717) is 11.3 Å². The summed E-state index contributed by atoms with van der Waals surface area (Å²) in [6, 6.07) is 2.92. The van der Waals surface area contributed by atoms with Crippen LogP contribution in [-0.4, -0.2) is 11.7 Å². The number of fused-ring (bicyclic) bond motifs is 1. The van der Waals surface area contributed by atoms with Crippen LogP contribution in [0.15, 0.2) is 12.1 Å². The minimum Gasteiger partial charge on any atom is -0.398 e. The predicted molar refractivity (Wildman–Crippen MR) is 52.9 cm³/mol. The summed E-state index contributed by atoms with van der Waals surface area (Å²) in [6.45, 7) is 0. The lowest BCUT2D eigenvalue weighted by Crippen LogP contribution is -2.35. The molecule has 0 spiro atoms. The Labute approximate surface area is 85.1 Å². The average Bonchev–Trinajstić information content (AvgIpc) is 2.16. The molecule has 0 atom stereocenters. The van der Waals surface area contributed by atoms with Crippen molar-refractivity contribution in [1.82, 2.24) is 0 Å². The predicted octanol–water partition coefficient (Wildman–Crippen LogP) is 1.62. The van der Waals surface area contributed by atoms with E-state index in [-0.39, 0.29) is 17.7 Å². The number of benzene rings is 1. The van der Waals surface area contributed by atoms with Crippen molar-refractivity contribution < 1.29 is 13.6 Å². The number of hydrogen-bond acceptors (Lipinski definition) is 3. The topological polar surface area (TPSA) is 69.1 Å². The second-order valence-corrected chi connectivity index (χ2v) is 3.63. The fourth-order valence-electron chi connectivity index (χ4n) is 1.80. The molecule has 0 aliphatic heterocycles. The quantitative estimate of drug-likeness (QED) is 0.642. The molecule has 5 heteroatoms. The molecular weight excluding hydrogens is 202 g/mol. The van der Waals surface area contributed by atoms with Gasteiger partial charge < -0.3 is 11.5 Å². The maximum atomic E-state index is 13.1. The molecule has 1 aliphatic rings. The lowest BCUT2D eigenvalue weighted by Gasteiger charge is -2.24. The third kappa shape index (κ3) is 1.35. The van der Waals surface area contributed by atoms with Crippen molar-refractivity contribution in [2.75, 3.05) is 11.5 Å². The van der Waals surface area contributed by atoms with Crippen molar-refractivity contribution in [3.05, 3.63) is 23.3 Å². The summed E-state index contributed by atoms with van der Waals surface area (Å²) in [7, 11) is 0. The van der Waals surface area contributed by atoms with Gasteiger partial charge in [0.15, 0.2) is 0 Å². The summed E-state index contributed by atoms with van der Waals surface area (Å²) < 4.78 is 26.3. The van der Waals surface area contributed by atoms with Crippen LogP contribution in [0.2, 0.25) is 0 Å². The van der Waals surface area contributed by atoms with Crippen molar-refractivity contribution in [2.45, 2.75) is 18.8 Å². The minimum atomic E-state index is -3.31. The average molecular weight is 212 g/mol. The first-order chi connectivity index (χ1) is 6.93. The standard InChI is InChI=1S/C10H10F2N2O/c11-10(12)4-3-5-6(13)1-2-7(14)8(5)9(10)15/h1-2H,3-4,13-14H2. The van der Waals surface area contributed by atoms with E-state index in [4.69, 9.17) is 11.5 Å². The number of ketones is 1. The van der Waals surface area contributed by atoms with Gasteiger partial charge in [-0.1, -0.05) is 0 Å². The highest BCUT2D eigenvalue weighted by atomic mass is 19.3. The highest BCUT2D eigenvalue weighted by molar-refractivity contribution is 6.08. The van der Waals surface area contributed by atoms with Gasteiger partial charge >= 0.3 is 5.92 Å². The van der Waals surface area contributed by atoms with E-state index in [1.165, 1.54) is 12.1 Å². The highest BCUT2D eigenvalue weighted by Gasteiger charge is 2.44. The molecule has 1 aromatic carbocycles. The third-order valence-electron chi connectivity index (χ3n) is 2.63. The second kappa shape index (κ2) is 2.92. The second-order valence-electron chi connectivity index (χ2n) is 3.63. The molecule has 1 aromatic rings. The molecule has 1 aliphatic carbocycles. The summed E-state index contributed by atoms with van der Waals surface area (Å²) in [5.74, 6) is -4.52. The first-order valence-electron chi connectivity index (χ1n) is 4.53. The number of nitrogens with two attached hydrogens (primary N) is 2. The van der Waals surface area contributed by atoms with Crippen molar-refractivity contribution in [1.29, 1.82) is 0 Å². The SMILES string of the molecule is Nc1ccc(N)c2c1CCC(F)(F)C2=O. The first kappa shape index (κ1) is 9.89. The van der Waals surface area contributed by atoms with E-state index in [0.717, 1.165) is 0 Å². The zero-order valence-corrected chi connectivity index (χ0v) is 7.89. The number of rotatable bonds is 0. The summed E-state index contributed by atoms with van der Waals surface area (Å²) in [4.78, 5) is 11.4. The van der Waals surface area contributed by atoms with E-state index >= 15 is 0 Å². The third-order valence-corrected chi connectivity index (χ3v) is 2.63. The molecule has 4 N–H and O–H groups in total. The van der Waals surface area contributed by atoms with Gasteiger partial charge in [0.25, 0.3) is 0 Å². The number of hydrogen-bond donors (Lipinski definition) is 2. The van der Waals surface area contributed by atoms with E-state index in [1.807, 2.05) is 0 Å².